The molecule has 2 unspecified atom stereocenters. The molecule has 2 aliphatic heterocycles. The van der Waals surface area contributed by atoms with E-state index in [1.165, 1.54) is 41.3 Å². The van der Waals surface area contributed by atoms with Gasteiger partial charge in [0.05, 0.1) is 16.7 Å². The lowest BCUT2D eigenvalue weighted by molar-refractivity contribution is -0.141. The molecular weight excluding hydrogens is 590 g/mol. The van der Waals surface area contributed by atoms with E-state index in [1.54, 1.807) is 37.9 Å². The number of benzene rings is 2. The van der Waals surface area contributed by atoms with Crippen molar-refractivity contribution in [3.05, 3.63) is 89.1 Å². The van der Waals surface area contributed by atoms with Gasteiger partial charge in [-0.05, 0) is 81.3 Å². The predicted molar refractivity (Wildman–Crippen MR) is 164 cm³/mol. The van der Waals surface area contributed by atoms with E-state index in [0.717, 1.165) is 5.82 Å². The predicted octanol–water partition coefficient (Wildman–Crippen LogP) is 5.74. The van der Waals surface area contributed by atoms with Crippen molar-refractivity contribution in [2.75, 3.05) is 37.6 Å². The molecule has 0 bridgehead atoms. The monoisotopic (exact) mass is 626 g/mol. The van der Waals surface area contributed by atoms with Crippen LogP contribution in [-0.4, -0.2) is 76.3 Å². The summed E-state index contributed by atoms with van der Waals surface area (Å²) >= 11 is 5.98. The molecule has 234 valence electrons. The van der Waals surface area contributed by atoms with Crippen molar-refractivity contribution in [3.63, 3.8) is 0 Å². The number of carbonyl (C=O) groups excluding carboxylic acids is 2. The third kappa shape index (κ3) is 6.81. The van der Waals surface area contributed by atoms with E-state index >= 15 is 0 Å². The van der Waals surface area contributed by atoms with Crippen LogP contribution in [0.15, 0.2) is 66.9 Å². The third-order valence-electron chi connectivity index (χ3n) is 8.78. The Bertz CT molecular complexity index is 1470. The quantitative estimate of drug-likeness (QED) is 0.360. The van der Waals surface area contributed by atoms with Crippen molar-refractivity contribution >= 4 is 29.4 Å². The molecule has 1 N–H and O–H groups in total. The minimum absolute atomic E-state index is 0.0213. The lowest BCUT2D eigenvalue weighted by atomic mass is 9.75. The minimum atomic E-state index is -1.15. The van der Waals surface area contributed by atoms with Crippen LogP contribution in [-0.2, 0) is 4.79 Å². The molecule has 2 saturated heterocycles. The van der Waals surface area contributed by atoms with E-state index in [4.69, 9.17) is 16.3 Å². The first kappa shape index (κ1) is 31.7. The first-order valence-corrected chi connectivity index (χ1v) is 15.2. The van der Waals surface area contributed by atoms with Gasteiger partial charge in [0.25, 0.3) is 0 Å². The Morgan fingerprint density at radius 3 is 2.48 bits per heavy atom. The maximum absolute atomic E-state index is 14.6. The minimum Gasteiger partial charge on any atom is -0.410 e. The SMILES string of the molecule is CCN(C(=O)Oc1ccc(F)cc1)[C@@H]1CN(C(=O)C2CCN(c3ccccn3)CC2C(C)(C)O)C[C@H]1c1ccc(Cl)c(F)c1. The number of halogens is 3. The van der Waals surface area contributed by atoms with E-state index in [9.17, 15) is 23.5 Å². The summed E-state index contributed by atoms with van der Waals surface area (Å²) < 4.78 is 33.6. The Morgan fingerprint density at radius 2 is 1.84 bits per heavy atom. The first-order valence-electron chi connectivity index (χ1n) is 14.8. The molecular formula is C33H37ClF2N4O4. The number of pyridine rings is 1. The van der Waals surface area contributed by atoms with Crippen LogP contribution in [0.2, 0.25) is 5.02 Å². The Hall–Kier alpha value is -3.76. The fraction of sp³-hybridized carbons (Fsp3) is 0.424. The van der Waals surface area contributed by atoms with Crippen molar-refractivity contribution in [1.29, 1.82) is 0 Å². The van der Waals surface area contributed by atoms with Crippen LogP contribution in [0.5, 0.6) is 5.75 Å². The number of anilines is 1. The Balaban J connectivity index is 1.41. The van der Waals surface area contributed by atoms with Crippen molar-refractivity contribution in [2.45, 2.75) is 44.8 Å². The molecule has 2 aliphatic rings. The number of rotatable bonds is 7. The van der Waals surface area contributed by atoms with Crippen molar-refractivity contribution in [1.82, 2.24) is 14.8 Å². The van der Waals surface area contributed by atoms with Gasteiger partial charge in [0.1, 0.15) is 23.2 Å². The number of aliphatic hydroxyl groups is 1. The molecule has 1 aromatic heterocycles. The summed E-state index contributed by atoms with van der Waals surface area (Å²) in [5.74, 6) is -1.49. The van der Waals surface area contributed by atoms with Gasteiger partial charge >= 0.3 is 6.09 Å². The molecule has 0 spiro atoms. The summed E-state index contributed by atoms with van der Waals surface area (Å²) in [7, 11) is 0. The fourth-order valence-corrected chi connectivity index (χ4v) is 6.58. The molecule has 3 aromatic rings. The van der Waals surface area contributed by atoms with Crippen LogP contribution in [0.4, 0.5) is 19.4 Å². The Kier molecular flexibility index (Phi) is 9.41. The average molecular weight is 627 g/mol. The highest BCUT2D eigenvalue weighted by Crippen LogP contribution is 2.39. The van der Waals surface area contributed by atoms with Crippen molar-refractivity contribution in [3.8, 4) is 5.75 Å². The van der Waals surface area contributed by atoms with E-state index in [1.807, 2.05) is 18.2 Å². The van der Waals surface area contributed by atoms with E-state index in [-0.39, 0.29) is 42.2 Å². The third-order valence-corrected chi connectivity index (χ3v) is 9.08. The van der Waals surface area contributed by atoms with Crippen LogP contribution in [0.1, 0.15) is 38.7 Å². The summed E-state index contributed by atoms with van der Waals surface area (Å²) in [6.07, 6.45) is 1.57. The first-order chi connectivity index (χ1) is 21.0. The zero-order valence-corrected chi connectivity index (χ0v) is 25.8. The van der Waals surface area contributed by atoms with Gasteiger partial charge in [0, 0.05) is 56.7 Å². The van der Waals surface area contributed by atoms with Gasteiger partial charge in [0.15, 0.2) is 0 Å². The zero-order chi connectivity index (χ0) is 31.6. The van der Waals surface area contributed by atoms with Crippen LogP contribution < -0.4 is 9.64 Å². The molecule has 44 heavy (non-hydrogen) atoms. The van der Waals surface area contributed by atoms with Gasteiger partial charge in [0.2, 0.25) is 5.91 Å². The second kappa shape index (κ2) is 13.1. The van der Waals surface area contributed by atoms with E-state index < -0.39 is 41.2 Å². The van der Waals surface area contributed by atoms with E-state index in [2.05, 4.69) is 9.88 Å². The number of hydrogen-bond donors (Lipinski definition) is 1. The molecule has 5 rings (SSSR count). The highest BCUT2D eigenvalue weighted by atomic mass is 35.5. The number of ether oxygens (including phenoxy) is 1. The maximum atomic E-state index is 14.6. The number of likely N-dealkylation sites (tertiary alicyclic amines) is 1. The summed E-state index contributed by atoms with van der Waals surface area (Å²) in [4.78, 5) is 37.5. The molecule has 2 fully saturated rings. The van der Waals surface area contributed by atoms with Gasteiger partial charge in [-0.3, -0.25) is 4.79 Å². The summed E-state index contributed by atoms with van der Waals surface area (Å²) in [5.41, 5.74) is -0.552. The number of nitrogens with zero attached hydrogens (tertiary/aromatic N) is 4. The van der Waals surface area contributed by atoms with Crippen molar-refractivity contribution in [2.24, 2.45) is 11.8 Å². The molecule has 11 heteroatoms. The number of hydrogen-bond acceptors (Lipinski definition) is 6. The Labute approximate surface area is 261 Å². The second-order valence-electron chi connectivity index (χ2n) is 12.0. The van der Waals surface area contributed by atoms with Gasteiger partial charge in [-0.1, -0.05) is 23.7 Å². The molecule has 0 aliphatic carbocycles. The molecule has 4 atom stereocenters. The molecule has 0 radical (unpaired) electrons. The van der Waals surface area contributed by atoms with Crippen LogP contribution >= 0.6 is 11.6 Å². The summed E-state index contributed by atoms with van der Waals surface area (Å²) in [5, 5.41) is 11.2. The number of likely N-dealkylation sites (N-methyl/N-ethyl adjacent to an activating group) is 1. The molecule has 8 nitrogen and oxygen atoms in total. The zero-order valence-electron chi connectivity index (χ0n) is 25.0. The van der Waals surface area contributed by atoms with Gasteiger partial charge in [-0.2, -0.15) is 0 Å². The van der Waals surface area contributed by atoms with Crippen LogP contribution in [0, 0.1) is 23.5 Å². The number of aromatic nitrogens is 1. The summed E-state index contributed by atoms with van der Waals surface area (Å²) in [6, 6.07) is 14.8. The molecule has 2 amide bonds. The van der Waals surface area contributed by atoms with E-state index in [0.29, 0.717) is 25.1 Å². The Morgan fingerprint density at radius 1 is 1.09 bits per heavy atom. The lowest BCUT2D eigenvalue weighted by Crippen LogP contribution is -2.54. The maximum Gasteiger partial charge on any atom is 0.415 e. The molecule has 3 heterocycles. The average Bonchev–Trinajstić information content (AvgIpc) is 3.44. The van der Waals surface area contributed by atoms with Gasteiger partial charge in [-0.25, -0.2) is 18.6 Å². The molecule has 0 saturated carbocycles. The highest BCUT2D eigenvalue weighted by Gasteiger charge is 2.48. The van der Waals surface area contributed by atoms with Gasteiger partial charge in [-0.15, -0.1) is 0 Å². The molecule has 2 aromatic carbocycles. The number of amides is 2. The number of carbonyl (C=O) groups is 2. The normalized spacial score (nSPS) is 22.2. The van der Waals surface area contributed by atoms with Crippen LogP contribution in [0.25, 0.3) is 0 Å². The van der Waals surface area contributed by atoms with Gasteiger partial charge < -0.3 is 24.5 Å². The van der Waals surface area contributed by atoms with Crippen LogP contribution in [0.3, 0.4) is 0 Å². The highest BCUT2D eigenvalue weighted by molar-refractivity contribution is 6.30. The standard InChI is InChI=1S/C33H37ClF2N4O4/c1-4-40(32(42)44-23-11-9-22(35)10-12-23)29-20-39(18-25(29)21-8-13-27(34)28(36)17-21)31(41)24-14-16-38(19-26(24)33(2,3)43)30-7-5-6-15-37-30/h5-13,15,17,24-26,29,43H,4,14,16,18-20H2,1-3H3/t24?,25-,26?,29+/m0/s1. The fourth-order valence-electron chi connectivity index (χ4n) is 6.46. The lowest BCUT2D eigenvalue weighted by Gasteiger charge is -2.44. The topological polar surface area (TPSA) is 86.2 Å². The second-order valence-corrected chi connectivity index (χ2v) is 12.4. The van der Waals surface area contributed by atoms with Crippen molar-refractivity contribution < 1.29 is 28.2 Å². The smallest absolute Gasteiger partial charge is 0.410 e. The number of piperidine rings is 1. The summed E-state index contributed by atoms with van der Waals surface area (Å²) in [6.45, 7) is 6.97. The largest absolute Gasteiger partial charge is 0.415 e.